The molecule has 1 saturated heterocycles. The van der Waals surface area contributed by atoms with Gasteiger partial charge in [0.15, 0.2) is 5.17 Å². The van der Waals surface area contributed by atoms with Crippen LogP contribution in [0.15, 0.2) is 76.9 Å². The summed E-state index contributed by atoms with van der Waals surface area (Å²) in [5.74, 6) is 0.0669. The van der Waals surface area contributed by atoms with Gasteiger partial charge in [0.25, 0.3) is 0 Å². The SMILES string of the molecule is CC1SC(=NN=Cc2ccc(N(C)C)cc2)N(Cc2cccc3ccccc23)C1=O. The lowest BCUT2D eigenvalue weighted by Crippen LogP contribution is -2.30. The molecule has 1 aliphatic heterocycles. The third-order valence-corrected chi connectivity index (χ3v) is 6.16. The number of benzene rings is 3. The topological polar surface area (TPSA) is 48.3 Å². The second-order valence-electron chi connectivity index (χ2n) is 7.44. The summed E-state index contributed by atoms with van der Waals surface area (Å²) in [5, 5.41) is 11.4. The van der Waals surface area contributed by atoms with Gasteiger partial charge in [0.1, 0.15) is 0 Å². The van der Waals surface area contributed by atoms with Crippen LogP contribution >= 0.6 is 11.8 Å². The third-order valence-electron chi connectivity index (χ3n) is 5.09. The van der Waals surface area contributed by atoms with E-state index in [9.17, 15) is 4.79 Å². The molecule has 3 aromatic rings. The number of thioether (sulfide) groups is 1. The van der Waals surface area contributed by atoms with E-state index in [0.29, 0.717) is 11.7 Å². The Morgan fingerprint density at radius 3 is 2.53 bits per heavy atom. The van der Waals surface area contributed by atoms with Crippen LogP contribution in [0.1, 0.15) is 18.1 Å². The summed E-state index contributed by atoms with van der Waals surface area (Å²) in [6.45, 7) is 2.40. The molecule has 0 N–H and O–H groups in total. The fourth-order valence-corrected chi connectivity index (χ4v) is 4.33. The van der Waals surface area contributed by atoms with Gasteiger partial charge >= 0.3 is 0 Å². The van der Waals surface area contributed by atoms with Crippen molar-refractivity contribution in [3.8, 4) is 0 Å². The summed E-state index contributed by atoms with van der Waals surface area (Å²) in [7, 11) is 4.02. The van der Waals surface area contributed by atoms with E-state index in [2.05, 4.69) is 39.4 Å². The molecular weight excluding hydrogens is 392 g/mol. The second-order valence-corrected chi connectivity index (χ2v) is 8.74. The van der Waals surface area contributed by atoms with E-state index in [-0.39, 0.29) is 11.2 Å². The van der Waals surface area contributed by atoms with Crippen LogP contribution in [0.2, 0.25) is 0 Å². The number of amides is 1. The molecule has 4 rings (SSSR count). The van der Waals surface area contributed by atoms with Crippen molar-refractivity contribution in [2.75, 3.05) is 19.0 Å². The minimum absolute atomic E-state index is 0.0669. The van der Waals surface area contributed by atoms with Crippen molar-refractivity contribution in [3.63, 3.8) is 0 Å². The van der Waals surface area contributed by atoms with E-state index in [1.165, 1.54) is 17.1 Å². The minimum Gasteiger partial charge on any atom is -0.378 e. The molecule has 0 aromatic heterocycles. The highest BCUT2D eigenvalue weighted by Crippen LogP contribution is 2.30. The van der Waals surface area contributed by atoms with Crippen LogP contribution in [0.25, 0.3) is 10.8 Å². The molecule has 1 fully saturated rings. The standard InChI is InChI=1S/C24H24N4OS/c1-17-23(29)28(16-20-9-6-8-19-7-4-5-10-22(19)20)24(30-17)26-25-15-18-11-13-21(14-12-18)27(2)3/h4-15,17H,16H2,1-3H3. The highest BCUT2D eigenvalue weighted by molar-refractivity contribution is 8.15. The molecular formula is C24H24N4OS. The summed E-state index contributed by atoms with van der Waals surface area (Å²) in [6, 6.07) is 22.5. The van der Waals surface area contributed by atoms with Crippen LogP contribution in [0.4, 0.5) is 5.69 Å². The number of amidine groups is 1. The largest absolute Gasteiger partial charge is 0.378 e. The van der Waals surface area contributed by atoms with Crippen LogP contribution in [0, 0.1) is 0 Å². The molecule has 152 valence electrons. The van der Waals surface area contributed by atoms with E-state index in [1.807, 2.05) is 63.5 Å². The molecule has 0 saturated carbocycles. The quantitative estimate of drug-likeness (QED) is 0.445. The maximum Gasteiger partial charge on any atom is 0.242 e. The number of hydrogen-bond donors (Lipinski definition) is 0. The molecule has 0 radical (unpaired) electrons. The van der Waals surface area contributed by atoms with Gasteiger partial charge < -0.3 is 4.90 Å². The van der Waals surface area contributed by atoms with Gasteiger partial charge in [-0.1, -0.05) is 66.4 Å². The molecule has 3 aromatic carbocycles. The Balaban J connectivity index is 1.56. The monoisotopic (exact) mass is 416 g/mol. The number of fused-ring (bicyclic) bond motifs is 1. The lowest BCUT2D eigenvalue weighted by atomic mass is 10.0. The lowest BCUT2D eigenvalue weighted by molar-refractivity contribution is -0.126. The zero-order chi connectivity index (χ0) is 21.1. The van der Waals surface area contributed by atoms with Gasteiger partial charge in [-0.2, -0.15) is 5.10 Å². The molecule has 1 amide bonds. The minimum atomic E-state index is -0.159. The van der Waals surface area contributed by atoms with Crippen LogP contribution in [0.5, 0.6) is 0 Å². The average Bonchev–Trinajstić information content (AvgIpc) is 3.02. The summed E-state index contributed by atoms with van der Waals surface area (Å²) in [4.78, 5) is 16.5. The first-order valence-corrected chi connectivity index (χ1v) is 10.7. The Morgan fingerprint density at radius 1 is 1.03 bits per heavy atom. The van der Waals surface area contributed by atoms with E-state index in [0.717, 1.165) is 22.2 Å². The molecule has 5 nitrogen and oxygen atoms in total. The number of carbonyl (C=O) groups is 1. The normalized spacial score (nSPS) is 18.1. The van der Waals surface area contributed by atoms with Gasteiger partial charge in [0, 0.05) is 19.8 Å². The van der Waals surface area contributed by atoms with E-state index < -0.39 is 0 Å². The molecule has 1 unspecified atom stereocenters. The lowest BCUT2D eigenvalue weighted by Gasteiger charge is -2.17. The molecule has 0 spiro atoms. The third kappa shape index (κ3) is 4.24. The second kappa shape index (κ2) is 8.71. The summed E-state index contributed by atoms with van der Waals surface area (Å²) < 4.78 is 0. The van der Waals surface area contributed by atoms with Crippen molar-refractivity contribution in [2.24, 2.45) is 10.2 Å². The van der Waals surface area contributed by atoms with E-state index >= 15 is 0 Å². The Hall–Kier alpha value is -3.12. The summed E-state index contributed by atoms with van der Waals surface area (Å²) in [5.41, 5.74) is 3.20. The van der Waals surface area contributed by atoms with Gasteiger partial charge in [0.2, 0.25) is 5.91 Å². The Kier molecular flexibility index (Phi) is 5.86. The summed E-state index contributed by atoms with van der Waals surface area (Å²) >= 11 is 1.45. The number of anilines is 1. The molecule has 0 bridgehead atoms. The molecule has 6 heteroatoms. The predicted octanol–water partition coefficient (Wildman–Crippen LogP) is 4.76. The number of rotatable bonds is 5. The maximum atomic E-state index is 12.8. The highest BCUT2D eigenvalue weighted by Gasteiger charge is 2.35. The fourth-order valence-electron chi connectivity index (χ4n) is 3.41. The predicted molar refractivity (Wildman–Crippen MR) is 127 cm³/mol. The molecule has 0 aliphatic carbocycles. The summed E-state index contributed by atoms with van der Waals surface area (Å²) in [6.07, 6.45) is 1.72. The van der Waals surface area contributed by atoms with Gasteiger partial charge in [0.05, 0.1) is 18.0 Å². The van der Waals surface area contributed by atoms with Crippen LogP contribution in [-0.2, 0) is 11.3 Å². The Bertz CT molecular complexity index is 1120. The molecule has 1 aliphatic rings. The fraction of sp³-hybridized carbons (Fsp3) is 0.208. The highest BCUT2D eigenvalue weighted by atomic mass is 32.2. The van der Waals surface area contributed by atoms with Crippen molar-refractivity contribution in [2.45, 2.75) is 18.7 Å². The first-order chi connectivity index (χ1) is 14.5. The Morgan fingerprint density at radius 2 is 1.77 bits per heavy atom. The van der Waals surface area contributed by atoms with Crippen molar-refractivity contribution >= 4 is 45.5 Å². The van der Waals surface area contributed by atoms with Crippen molar-refractivity contribution in [1.82, 2.24) is 4.90 Å². The molecule has 1 atom stereocenters. The molecule has 30 heavy (non-hydrogen) atoms. The Labute approximate surface area is 181 Å². The first-order valence-electron chi connectivity index (χ1n) is 9.86. The van der Waals surface area contributed by atoms with E-state index in [1.54, 1.807) is 11.1 Å². The first kappa shape index (κ1) is 20.2. The van der Waals surface area contributed by atoms with E-state index in [4.69, 9.17) is 0 Å². The number of hydrogen-bond acceptors (Lipinski definition) is 5. The smallest absolute Gasteiger partial charge is 0.242 e. The van der Waals surface area contributed by atoms with Crippen molar-refractivity contribution in [3.05, 3.63) is 77.9 Å². The number of carbonyl (C=O) groups excluding carboxylic acids is 1. The zero-order valence-electron chi connectivity index (χ0n) is 17.3. The van der Waals surface area contributed by atoms with Gasteiger partial charge in [-0.25, -0.2) is 0 Å². The number of nitrogens with zero attached hydrogens (tertiary/aromatic N) is 4. The van der Waals surface area contributed by atoms with Crippen molar-refractivity contribution in [1.29, 1.82) is 0 Å². The van der Waals surface area contributed by atoms with Crippen LogP contribution < -0.4 is 4.90 Å². The van der Waals surface area contributed by atoms with Gasteiger partial charge in [-0.15, -0.1) is 5.10 Å². The van der Waals surface area contributed by atoms with Crippen LogP contribution in [0.3, 0.4) is 0 Å². The van der Waals surface area contributed by atoms with Gasteiger partial charge in [-0.3, -0.25) is 9.69 Å². The van der Waals surface area contributed by atoms with Crippen molar-refractivity contribution < 1.29 is 4.79 Å². The molecule has 1 heterocycles. The zero-order valence-corrected chi connectivity index (χ0v) is 18.1. The average molecular weight is 417 g/mol. The van der Waals surface area contributed by atoms with Gasteiger partial charge in [-0.05, 0) is 41.0 Å². The maximum absolute atomic E-state index is 12.8. The van der Waals surface area contributed by atoms with Crippen LogP contribution in [-0.4, -0.2) is 41.5 Å².